The number of nitrogens with one attached hydrogen (secondary N) is 1. The predicted octanol–water partition coefficient (Wildman–Crippen LogP) is 3.27. The maximum absolute atomic E-state index is 13.3. The standard InChI is InChI=1S/C16H17FN2O/c1-11(20)12-3-2-4-15(10-12)19-16-6-5-14(17)9-13(16)7-8-18/h2-6,9-10,19H,7-8,18H2,1H3. The van der Waals surface area contributed by atoms with Crippen molar-refractivity contribution >= 4 is 17.2 Å². The molecular formula is C16H17FN2O. The third-order valence-electron chi connectivity index (χ3n) is 3.03. The second kappa shape index (κ2) is 6.30. The van der Waals surface area contributed by atoms with Crippen molar-refractivity contribution in [2.75, 3.05) is 11.9 Å². The predicted molar refractivity (Wildman–Crippen MR) is 78.9 cm³/mol. The molecule has 0 amide bonds. The Hall–Kier alpha value is -2.20. The number of Topliss-reactive ketones (excluding diaryl/α,β-unsaturated/α-hetero) is 1. The second-order valence-corrected chi connectivity index (χ2v) is 4.60. The number of halogens is 1. The average Bonchev–Trinajstić information content (AvgIpc) is 2.42. The van der Waals surface area contributed by atoms with Crippen molar-refractivity contribution in [1.29, 1.82) is 0 Å². The fourth-order valence-electron chi connectivity index (χ4n) is 2.02. The monoisotopic (exact) mass is 272 g/mol. The molecule has 3 nitrogen and oxygen atoms in total. The van der Waals surface area contributed by atoms with Crippen molar-refractivity contribution in [3.8, 4) is 0 Å². The zero-order valence-electron chi connectivity index (χ0n) is 11.3. The van der Waals surface area contributed by atoms with Crippen molar-refractivity contribution in [2.24, 2.45) is 5.73 Å². The lowest BCUT2D eigenvalue weighted by Crippen LogP contribution is -2.06. The number of nitrogens with two attached hydrogens (primary N) is 1. The van der Waals surface area contributed by atoms with E-state index in [1.165, 1.54) is 19.1 Å². The third kappa shape index (κ3) is 3.42. The first kappa shape index (κ1) is 14.2. The van der Waals surface area contributed by atoms with Gasteiger partial charge in [-0.1, -0.05) is 12.1 Å². The smallest absolute Gasteiger partial charge is 0.159 e. The molecule has 0 fully saturated rings. The van der Waals surface area contributed by atoms with Crippen LogP contribution in [0, 0.1) is 5.82 Å². The normalized spacial score (nSPS) is 10.3. The number of hydrogen-bond acceptors (Lipinski definition) is 3. The summed E-state index contributed by atoms with van der Waals surface area (Å²) in [5, 5.41) is 3.21. The van der Waals surface area contributed by atoms with Gasteiger partial charge in [0.15, 0.2) is 5.78 Å². The van der Waals surface area contributed by atoms with Crippen molar-refractivity contribution in [1.82, 2.24) is 0 Å². The van der Waals surface area contributed by atoms with Crippen molar-refractivity contribution in [3.05, 3.63) is 59.4 Å². The van der Waals surface area contributed by atoms with Crippen LogP contribution in [0.25, 0.3) is 0 Å². The van der Waals surface area contributed by atoms with Gasteiger partial charge < -0.3 is 11.1 Å². The number of ketones is 1. The van der Waals surface area contributed by atoms with Crippen LogP contribution in [0.15, 0.2) is 42.5 Å². The van der Waals surface area contributed by atoms with Gasteiger partial charge in [0.25, 0.3) is 0 Å². The van der Waals surface area contributed by atoms with Crippen LogP contribution in [-0.4, -0.2) is 12.3 Å². The van der Waals surface area contributed by atoms with Crippen LogP contribution in [0.4, 0.5) is 15.8 Å². The van der Waals surface area contributed by atoms with Crippen LogP contribution in [0.5, 0.6) is 0 Å². The van der Waals surface area contributed by atoms with Crippen LogP contribution < -0.4 is 11.1 Å². The van der Waals surface area contributed by atoms with Gasteiger partial charge >= 0.3 is 0 Å². The molecule has 0 radical (unpaired) electrons. The molecule has 3 N–H and O–H groups in total. The van der Waals surface area contributed by atoms with Crippen LogP contribution in [0.2, 0.25) is 0 Å². The fourth-order valence-corrected chi connectivity index (χ4v) is 2.02. The Morgan fingerprint density at radius 1 is 1.25 bits per heavy atom. The van der Waals surface area contributed by atoms with Crippen LogP contribution in [-0.2, 0) is 6.42 Å². The van der Waals surface area contributed by atoms with Crippen molar-refractivity contribution < 1.29 is 9.18 Å². The Kier molecular flexibility index (Phi) is 4.48. The summed E-state index contributed by atoms with van der Waals surface area (Å²) >= 11 is 0. The molecule has 2 rings (SSSR count). The number of carbonyl (C=O) groups is 1. The summed E-state index contributed by atoms with van der Waals surface area (Å²) < 4.78 is 13.3. The largest absolute Gasteiger partial charge is 0.355 e. The van der Waals surface area contributed by atoms with Crippen molar-refractivity contribution in [3.63, 3.8) is 0 Å². The van der Waals surface area contributed by atoms with E-state index in [1.807, 2.05) is 12.1 Å². The Labute approximate surface area is 117 Å². The minimum Gasteiger partial charge on any atom is -0.355 e. The van der Waals surface area contributed by atoms with E-state index in [0.29, 0.717) is 18.5 Å². The molecule has 104 valence electrons. The van der Waals surface area contributed by atoms with E-state index in [0.717, 1.165) is 16.9 Å². The van der Waals surface area contributed by atoms with E-state index in [4.69, 9.17) is 5.73 Å². The molecule has 2 aromatic carbocycles. The molecule has 0 aliphatic heterocycles. The van der Waals surface area contributed by atoms with Crippen LogP contribution in [0.1, 0.15) is 22.8 Å². The molecule has 0 atom stereocenters. The van der Waals surface area contributed by atoms with Crippen LogP contribution in [0.3, 0.4) is 0 Å². The maximum atomic E-state index is 13.3. The lowest BCUT2D eigenvalue weighted by Gasteiger charge is -2.12. The van der Waals surface area contributed by atoms with E-state index in [9.17, 15) is 9.18 Å². The number of hydrogen-bond donors (Lipinski definition) is 2. The quantitative estimate of drug-likeness (QED) is 0.821. The molecule has 20 heavy (non-hydrogen) atoms. The molecule has 0 bridgehead atoms. The molecule has 0 unspecified atom stereocenters. The zero-order chi connectivity index (χ0) is 14.5. The minimum absolute atomic E-state index is 0.00920. The molecule has 0 saturated carbocycles. The van der Waals surface area contributed by atoms with Gasteiger partial charge in [0.2, 0.25) is 0 Å². The van der Waals surface area contributed by atoms with Crippen molar-refractivity contribution in [2.45, 2.75) is 13.3 Å². The number of carbonyl (C=O) groups excluding carboxylic acids is 1. The molecule has 0 aliphatic rings. The number of anilines is 2. The van der Waals surface area contributed by atoms with Gasteiger partial charge in [-0.25, -0.2) is 4.39 Å². The Bertz CT molecular complexity index is 626. The molecular weight excluding hydrogens is 255 g/mol. The topological polar surface area (TPSA) is 55.1 Å². The molecule has 0 spiro atoms. The highest BCUT2D eigenvalue weighted by Gasteiger charge is 2.06. The first-order valence-corrected chi connectivity index (χ1v) is 6.46. The lowest BCUT2D eigenvalue weighted by atomic mass is 10.1. The van der Waals surface area contributed by atoms with Gasteiger partial charge in [0.1, 0.15) is 5.82 Å². The van der Waals surface area contributed by atoms with E-state index in [1.54, 1.807) is 18.2 Å². The van der Waals surface area contributed by atoms with E-state index < -0.39 is 0 Å². The zero-order valence-corrected chi connectivity index (χ0v) is 11.3. The summed E-state index contributed by atoms with van der Waals surface area (Å²) in [6, 6.07) is 11.8. The highest BCUT2D eigenvalue weighted by Crippen LogP contribution is 2.23. The summed E-state index contributed by atoms with van der Waals surface area (Å²) in [5.41, 5.74) is 8.60. The van der Waals surface area contributed by atoms with Crippen LogP contribution >= 0.6 is 0 Å². The fraction of sp³-hybridized carbons (Fsp3) is 0.188. The third-order valence-corrected chi connectivity index (χ3v) is 3.03. The molecule has 0 saturated heterocycles. The Morgan fingerprint density at radius 3 is 2.75 bits per heavy atom. The number of rotatable bonds is 5. The molecule has 4 heteroatoms. The average molecular weight is 272 g/mol. The molecule has 0 aliphatic carbocycles. The van der Waals surface area contributed by atoms with Gasteiger partial charge in [0, 0.05) is 16.9 Å². The Balaban J connectivity index is 2.29. The lowest BCUT2D eigenvalue weighted by molar-refractivity contribution is 0.101. The van der Waals surface area contributed by atoms with Gasteiger partial charge in [-0.3, -0.25) is 4.79 Å². The van der Waals surface area contributed by atoms with E-state index in [2.05, 4.69) is 5.32 Å². The first-order valence-electron chi connectivity index (χ1n) is 6.46. The first-order chi connectivity index (χ1) is 9.60. The summed E-state index contributed by atoms with van der Waals surface area (Å²) in [6.07, 6.45) is 0.590. The summed E-state index contributed by atoms with van der Waals surface area (Å²) in [7, 11) is 0. The van der Waals surface area contributed by atoms with Gasteiger partial charge in [-0.15, -0.1) is 0 Å². The molecule has 2 aromatic rings. The SMILES string of the molecule is CC(=O)c1cccc(Nc2ccc(F)cc2CCN)c1. The summed E-state index contributed by atoms with van der Waals surface area (Å²) in [5.74, 6) is -0.272. The minimum atomic E-state index is -0.281. The van der Waals surface area contributed by atoms with Gasteiger partial charge in [-0.2, -0.15) is 0 Å². The molecule has 0 aromatic heterocycles. The van der Waals surface area contributed by atoms with E-state index >= 15 is 0 Å². The summed E-state index contributed by atoms with van der Waals surface area (Å²) in [4.78, 5) is 11.4. The number of benzene rings is 2. The summed E-state index contributed by atoms with van der Waals surface area (Å²) in [6.45, 7) is 1.97. The van der Waals surface area contributed by atoms with E-state index in [-0.39, 0.29) is 11.6 Å². The van der Waals surface area contributed by atoms with Gasteiger partial charge in [0.05, 0.1) is 0 Å². The highest BCUT2D eigenvalue weighted by molar-refractivity contribution is 5.95. The second-order valence-electron chi connectivity index (χ2n) is 4.60. The Morgan fingerprint density at radius 2 is 2.05 bits per heavy atom. The molecule has 0 heterocycles. The highest BCUT2D eigenvalue weighted by atomic mass is 19.1. The van der Waals surface area contributed by atoms with Gasteiger partial charge in [-0.05, 0) is 55.8 Å². The maximum Gasteiger partial charge on any atom is 0.159 e.